The number of carbonyl (C=O) groups is 1. The Morgan fingerprint density at radius 1 is 1.43 bits per heavy atom. The van der Waals surface area contributed by atoms with Crippen LogP contribution in [0.5, 0.6) is 0 Å². The molecule has 1 aliphatic heterocycles. The number of nitrogens with zero attached hydrogens (tertiary/aromatic N) is 4. The number of amidine groups is 2. The third kappa shape index (κ3) is 4.61. The maximum absolute atomic E-state index is 13.1. The largest absolute Gasteiger partial charge is 0.360 e. The van der Waals surface area contributed by atoms with E-state index in [0.29, 0.717) is 17.2 Å². The topological polar surface area (TPSA) is 116 Å². The van der Waals surface area contributed by atoms with Crippen molar-refractivity contribution in [1.29, 1.82) is 0 Å². The number of hydrogen-bond donors (Lipinski definition) is 2. The van der Waals surface area contributed by atoms with Crippen LogP contribution < -0.4 is 10.0 Å². The molecule has 0 atom stereocenters. The molecule has 2 aliphatic rings. The number of halogens is 1. The van der Waals surface area contributed by atoms with Crippen LogP contribution in [0, 0.1) is 0 Å². The van der Waals surface area contributed by atoms with Crippen LogP contribution in [0.2, 0.25) is 0 Å². The number of nitrogens with one attached hydrogen (secondary N) is 2. The fourth-order valence-corrected chi connectivity index (χ4v) is 3.79. The van der Waals surface area contributed by atoms with E-state index in [4.69, 9.17) is 11.6 Å². The van der Waals surface area contributed by atoms with Crippen LogP contribution in [0.1, 0.15) is 31.9 Å². The highest BCUT2D eigenvalue weighted by atomic mass is 35.5. The summed E-state index contributed by atoms with van der Waals surface area (Å²) in [6.45, 7) is 5.61. The minimum Gasteiger partial charge on any atom is -0.360 e. The van der Waals surface area contributed by atoms with Crippen molar-refractivity contribution < 1.29 is 13.2 Å². The molecular formula is C19H23ClN6O3S. The zero-order chi connectivity index (χ0) is 21.9. The third-order valence-corrected chi connectivity index (χ3v) is 6.35. The highest BCUT2D eigenvalue weighted by molar-refractivity contribution is 7.89. The molecule has 160 valence electrons. The highest BCUT2D eigenvalue weighted by Crippen LogP contribution is 2.29. The number of carbonyl (C=O) groups excluding carboxylic acids is 1. The summed E-state index contributed by atoms with van der Waals surface area (Å²) in [4.78, 5) is 27.6. The van der Waals surface area contributed by atoms with Gasteiger partial charge in [-0.2, -0.15) is 0 Å². The molecule has 1 aromatic rings. The van der Waals surface area contributed by atoms with E-state index in [1.807, 2.05) is 0 Å². The summed E-state index contributed by atoms with van der Waals surface area (Å²) < 4.78 is 25.8. The number of sulfonamides is 1. The summed E-state index contributed by atoms with van der Waals surface area (Å²) in [7, 11) is -2.22. The van der Waals surface area contributed by atoms with Crippen molar-refractivity contribution >= 4 is 39.2 Å². The van der Waals surface area contributed by atoms with Gasteiger partial charge in [0.25, 0.3) is 5.91 Å². The molecule has 2 N–H and O–H groups in total. The molecule has 0 bridgehead atoms. The SMILES string of the molecule is C=C(Cl)/N=C1\C(=C/C)N=C(NCc2ccc(S(=O)(=O)NC)cn2)C(=O)N1C1CCC1. The van der Waals surface area contributed by atoms with Gasteiger partial charge < -0.3 is 5.32 Å². The van der Waals surface area contributed by atoms with Gasteiger partial charge in [0, 0.05) is 12.2 Å². The van der Waals surface area contributed by atoms with Gasteiger partial charge in [-0.1, -0.05) is 24.3 Å². The maximum Gasteiger partial charge on any atom is 0.295 e. The van der Waals surface area contributed by atoms with E-state index in [1.54, 1.807) is 24.0 Å². The Kier molecular flexibility index (Phi) is 6.69. The molecule has 0 saturated heterocycles. The number of hydrogen-bond acceptors (Lipinski definition) is 7. The van der Waals surface area contributed by atoms with Crippen molar-refractivity contribution in [2.24, 2.45) is 9.98 Å². The second-order valence-electron chi connectivity index (χ2n) is 6.75. The van der Waals surface area contributed by atoms with Crippen LogP contribution in [0.15, 0.2) is 56.7 Å². The average molecular weight is 451 g/mol. The van der Waals surface area contributed by atoms with Gasteiger partial charge in [-0.3, -0.25) is 14.7 Å². The summed E-state index contributed by atoms with van der Waals surface area (Å²) in [5.41, 5.74) is 1.08. The molecule has 0 aromatic carbocycles. The second-order valence-corrected chi connectivity index (χ2v) is 9.08. The van der Waals surface area contributed by atoms with Gasteiger partial charge in [0.1, 0.15) is 15.7 Å². The number of amides is 1. The van der Waals surface area contributed by atoms with E-state index in [9.17, 15) is 13.2 Å². The maximum atomic E-state index is 13.1. The fourth-order valence-electron chi connectivity index (χ4n) is 3.04. The zero-order valence-corrected chi connectivity index (χ0v) is 18.3. The average Bonchev–Trinajstić information content (AvgIpc) is 2.68. The van der Waals surface area contributed by atoms with Crippen molar-refractivity contribution in [3.05, 3.63) is 47.5 Å². The predicted molar refractivity (Wildman–Crippen MR) is 115 cm³/mol. The zero-order valence-electron chi connectivity index (χ0n) is 16.7. The molecule has 30 heavy (non-hydrogen) atoms. The van der Waals surface area contributed by atoms with Crippen LogP contribution in [0.25, 0.3) is 0 Å². The first-order chi connectivity index (χ1) is 14.3. The predicted octanol–water partition coefficient (Wildman–Crippen LogP) is 1.88. The Labute approximate surface area is 180 Å². The van der Waals surface area contributed by atoms with E-state index in [1.165, 1.54) is 19.3 Å². The van der Waals surface area contributed by atoms with E-state index in [-0.39, 0.29) is 34.4 Å². The first-order valence-electron chi connectivity index (χ1n) is 9.41. The Hall–Kier alpha value is -2.56. The van der Waals surface area contributed by atoms with Crippen molar-refractivity contribution in [2.75, 3.05) is 7.05 Å². The van der Waals surface area contributed by atoms with Crippen LogP contribution >= 0.6 is 11.6 Å². The molecular weight excluding hydrogens is 428 g/mol. The first-order valence-corrected chi connectivity index (χ1v) is 11.3. The molecule has 11 heteroatoms. The Balaban J connectivity index is 1.82. The van der Waals surface area contributed by atoms with Gasteiger partial charge in [-0.25, -0.2) is 23.1 Å². The van der Waals surface area contributed by atoms with Crippen LogP contribution in [0.4, 0.5) is 0 Å². The van der Waals surface area contributed by atoms with E-state index in [2.05, 4.69) is 31.6 Å². The van der Waals surface area contributed by atoms with Crippen molar-refractivity contribution in [3.63, 3.8) is 0 Å². The number of pyridine rings is 1. The highest BCUT2D eigenvalue weighted by Gasteiger charge is 2.39. The Bertz CT molecular complexity index is 1040. The molecule has 0 unspecified atom stereocenters. The molecule has 0 radical (unpaired) electrons. The number of aromatic nitrogens is 1. The third-order valence-electron chi connectivity index (χ3n) is 4.86. The normalized spacial score (nSPS) is 20.3. The van der Waals surface area contributed by atoms with Crippen molar-refractivity contribution in [1.82, 2.24) is 19.9 Å². The first kappa shape index (κ1) is 22.1. The van der Waals surface area contributed by atoms with E-state index >= 15 is 0 Å². The smallest absolute Gasteiger partial charge is 0.295 e. The molecule has 1 fully saturated rings. The van der Waals surface area contributed by atoms with E-state index in [0.717, 1.165) is 19.3 Å². The Morgan fingerprint density at radius 2 is 2.17 bits per heavy atom. The minimum atomic E-state index is -3.56. The van der Waals surface area contributed by atoms with Crippen molar-refractivity contribution in [2.45, 2.75) is 43.7 Å². The van der Waals surface area contributed by atoms with Gasteiger partial charge in [0.2, 0.25) is 10.0 Å². The minimum absolute atomic E-state index is 0.0404. The molecule has 0 spiro atoms. The second kappa shape index (κ2) is 9.07. The summed E-state index contributed by atoms with van der Waals surface area (Å²) in [6, 6.07) is 3.07. The molecule has 9 nitrogen and oxygen atoms in total. The fraction of sp³-hybridized carbons (Fsp3) is 0.368. The molecule has 1 aliphatic carbocycles. The number of aliphatic imine (C=N–C) groups is 2. The molecule has 2 heterocycles. The lowest BCUT2D eigenvalue weighted by molar-refractivity contribution is -0.123. The Morgan fingerprint density at radius 3 is 2.67 bits per heavy atom. The van der Waals surface area contributed by atoms with Gasteiger partial charge in [-0.15, -0.1) is 0 Å². The quantitative estimate of drug-likeness (QED) is 0.642. The summed E-state index contributed by atoms with van der Waals surface area (Å²) in [5, 5.41) is 3.09. The summed E-state index contributed by atoms with van der Waals surface area (Å²) in [5.74, 6) is 0.275. The van der Waals surface area contributed by atoms with Gasteiger partial charge in [-0.05, 0) is 45.4 Å². The van der Waals surface area contributed by atoms with Crippen LogP contribution in [0.3, 0.4) is 0 Å². The van der Waals surface area contributed by atoms with Crippen molar-refractivity contribution in [3.8, 4) is 0 Å². The van der Waals surface area contributed by atoms with E-state index < -0.39 is 10.0 Å². The lowest BCUT2D eigenvalue weighted by Gasteiger charge is -2.40. The van der Waals surface area contributed by atoms with Gasteiger partial charge in [0.15, 0.2) is 11.7 Å². The lowest BCUT2D eigenvalue weighted by atomic mass is 9.90. The summed E-state index contributed by atoms with van der Waals surface area (Å²) in [6.07, 6.45) is 5.83. The van der Waals surface area contributed by atoms with Crippen LogP contribution in [-0.2, 0) is 21.4 Å². The number of allylic oxidation sites excluding steroid dienone is 1. The lowest BCUT2D eigenvalue weighted by Crippen LogP contribution is -2.56. The van der Waals surface area contributed by atoms with Gasteiger partial charge in [0.05, 0.1) is 12.2 Å². The molecule has 1 aromatic heterocycles. The standard InChI is InChI=1S/C19H23ClN6O3S/c1-4-16-18(24-12(2)20)26(14-6-5-7-14)19(27)17(25-16)23-10-13-8-9-15(11-22-13)30(28,29)21-3/h4,8-9,11,14,21H,2,5-7,10H2,1,3H3,(H,23,25)/b16-4+,24-18+. The molecule has 1 saturated carbocycles. The molecule has 1 amide bonds. The molecule has 3 rings (SSSR count). The monoisotopic (exact) mass is 450 g/mol. The summed E-state index contributed by atoms with van der Waals surface area (Å²) >= 11 is 5.88. The van der Waals surface area contributed by atoms with Crippen LogP contribution in [-0.4, -0.2) is 49.0 Å². The van der Waals surface area contributed by atoms with Gasteiger partial charge >= 0.3 is 0 Å². The number of rotatable bonds is 6.